The molecule has 0 saturated carbocycles. The number of rotatable bonds is 6. The minimum atomic E-state index is -0.0963. The summed E-state index contributed by atoms with van der Waals surface area (Å²) in [6, 6.07) is 5.84. The highest BCUT2D eigenvalue weighted by atomic mass is 32.1. The van der Waals surface area contributed by atoms with E-state index in [9.17, 15) is 4.79 Å². The van der Waals surface area contributed by atoms with Gasteiger partial charge in [0.25, 0.3) is 0 Å². The summed E-state index contributed by atoms with van der Waals surface area (Å²) >= 11 is 1.61. The lowest BCUT2D eigenvalue weighted by Gasteiger charge is -2.33. The number of morpholine rings is 1. The third-order valence-corrected chi connectivity index (χ3v) is 4.50. The van der Waals surface area contributed by atoms with Gasteiger partial charge in [-0.3, -0.25) is 9.69 Å². The molecule has 1 aliphatic rings. The zero-order valence-corrected chi connectivity index (χ0v) is 13.6. The van der Waals surface area contributed by atoms with Gasteiger partial charge in [0.1, 0.15) is 5.76 Å². The van der Waals surface area contributed by atoms with Crippen molar-refractivity contribution in [3.8, 4) is 0 Å². The molecule has 5 nitrogen and oxygen atoms in total. The van der Waals surface area contributed by atoms with Gasteiger partial charge >= 0.3 is 0 Å². The van der Waals surface area contributed by atoms with Crippen LogP contribution in [0.15, 0.2) is 45.7 Å². The summed E-state index contributed by atoms with van der Waals surface area (Å²) in [5.74, 6) is 0.773. The van der Waals surface area contributed by atoms with Crippen molar-refractivity contribution < 1.29 is 13.9 Å². The number of thiophene rings is 1. The van der Waals surface area contributed by atoms with Gasteiger partial charge in [0.2, 0.25) is 5.91 Å². The third kappa shape index (κ3) is 4.54. The molecule has 2 aromatic heterocycles. The zero-order chi connectivity index (χ0) is 15.9. The number of furan rings is 1. The van der Waals surface area contributed by atoms with Crippen molar-refractivity contribution in [1.82, 2.24) is 10.2 Å². The molecule has 122 valence electrons. The van der Waals surface area contributed by atoms with Gasteiger partial charge in [0.15, 0.2) is 0 Å². The maximum absolute atomic E-state index is 12.0. The van der Waals surface area contributed by atoms with Crippen LogP contribution in [0.25, 0.3) is 6.08 Å². The molecular formula is C17H20N2O3S. The fraction of sp³-hybridized carbons (Fsp3) is 0.353. The Morgan fingerprint density at radius 1 is 1.39 bits per heavy atom. The molecule has 0 radical (unpaired) electrons. The Morgan fingerprint density at radius 2 is 2.26 bits per heavy atom. The molecule has 0 bridgehead atoms. The van der Waals surface area contributed by atoms with E-state index in [1.165, 1.54) is 0 Å². The van der Waals surface area contributed by atoms with E-state index in [4.69, 9.17) is 9.15 Å². The monoisotopic (exact) mass is 332 g/mol. The van der Waals surface area contributed by atoms with Gasteiger partial charge in [-0.1, -0.05) is 0 Å². The first-order valence-electron chi connectivity index (χ1n) is 7.66. The van der Waals surface area contributed by atoms with E-state index >= 15 is 0 Å². The molecule has 2 aromatic rings. The topological polar surface area (TPSA) is 54.7 Å². The van der Waals surface area contributed by atoms with E-state index in [1.807, 2.05) is 35.0 Å². The van der Waals surface area contributed by atoms with Gasteiger partial charge in [-0.05, 0) is 40.6 Å². The first kappa shape index (κ1) is 16.0. The second kappa shape index (κ2) is 8.10. The summed E-state index contributed by atoms with van der Waals surface area (Å²) in [4.78, 5) is 14.3. The quantitative estimate of drug-likeness (QED) is 0.826. The molecule has 3 heterocycles. The summed E-state index contributed by atoms with van der Waals surface area (Å²) < 4.78 is 11.0. The molecule has 1 atom stereocenters. The third-order valence-electron chi connectivity index (χ3n) is 3.80. The van der Waals surface area contributed by atoms with Crippen molar-refractivity contribution in [3.63, 3.8) is 0 Å². The Hall–Kier alpha value is -1.89. The normalized spacial score (nSPS) is 17.4. The zero-order valence-electron chi connectivity index (χ0n) is 12.8. The molecule has 0 aliphatic carbocycles. The van der Waals surface area contributed by atoms with Gasteiger partial charge in [0.05, 0.1) is 25.5 Å². The van der Waals surface area contributed by atoms with Crippen LogP contribution >= 0.6 is 11.3 Å². The maximum Gasteiger partial charge on any atom is 0.244 e. The number of nitrogens with zero attached hydrogens (tertiary/aromatic N) is 1. The number of carbonyl (C=O) groups excluding carboxylic acids is 1. The van der Waals surface area contributed by atoms with Crippen LogP contribution in [-0.4, -0.2) is 43.7 Å². The van der Waals surface area contributed by atoms with Crippen LogP contribution in [-0.2, 0) is 9.53 Å². The van der Waals surface area contributed by atoms with Gasteiger partial charge in [-0.25, -0.2) is 0 Å². The van der Waals surface area contributed by atoms with E-state index in [0.29, 0.717) is 19.8 Å². The maximum atomic E-state index is 12.0. The largest absolute Gasteiger partial charge is 0.468 e. The van der Waals surface area contributed by atoms with Crippen molar-refractivity contribution >= 4 is 23.3 Å². The Labute approximate surface area is 139 Å². The fourth-order valence-corrected chi connectivity index (χ4v) is 3.21. The number of hydrogen-bond acceptors (Lipinski definition) is 5. The van der Waals surface area contributed by atoms with Crippen molar-refractivity contribution in [3.05, 3.63) is 52.6 Å². The van der Waals surface area contributed by atoms with Gasteiger partial charge in [-0.15, -0.1) is 0 Å². The van der Waals surface area contributed by atoms with E-state index in [1.54, 1.807) is 23.7 Å². The smallest absolute Gasteiger partial charge is 0.244 e. The van der Waals surface area contributed by atoms with E-state index < -0.39 is 0 Å². The molecule has 1 amide bonds. The predicted octanol–water partition coefficient (Wildman–Crippen LogP) is 2.54. The van der Waals surface area contributed by atoms with Crippen molar-refractivity contribution in [2.24, 2.45) is 0 Å². The van der Waals surface area contributed by atoms with Crippen LogP contribution in [0, 0.1) is 0 Å². The van der Waals surface area contributed by atoms with E-state index in [-0.39, 0.29) is 11.9 Å². The lowest BCUT2D eigenvalue weighted by molar-refractivity contribution is -0.116. The fourth-order valence-electron chi connectivity index (χ4n) is 2.58. The summed E-state index contributed by atoms with van der Waals surface area (Å²) in [5, 5.41) is 6.96. The minimum absolute atomic E-state index is 0.0346. The number of amides is 1. The molecule has 3 rings (SSSR count). The number of carbonyl (C=O) groups is 1. The molecule has 1 saturated heterocycles. The molecule has 0 spiro atoms. The van der Waals surface area contributed by atoms with Crippen LogP contribution in [0.1, 0.15) is 17.4 Å². The van der Waals surface area contributed by atoms with Crippen LogP contribution in [0.5, 0.6) is 0 Å². The predicted molar refractivity (Wildman–Crippen MR) is 90.2 cm³/mol. The van der Waals surface area contributed by atoms with Crippen molar-refractivity contribution in [1.29, 1.82) is 0 Å². The SMILES string of the molecule is O=C(/C=C/c1ccsc1)NCC(c1ccco1)N1CCOCC1. The second-order valence-electron chi connectivity index (χ2n) is 5.31. The van der Waals surface area contributed by atoms with Crippen molar-refractivity contribution in [2.45, 2.75) is 6.04 Å². The van der Waals surface area contributed by atoms with Crippen molar-refractivity contribution in [2.75, 3.05) is 32.8 Å². The highest BCUT2D eigenvalue weighted by Crippen LogP contribution is 2.21. The molecular weight excluding hydrogens is 312 g/mol. The van der Waals surface area contributed by atoms with Gasteiger partial charge < -0.3 is 14.5 Å². The Kier molecular flexibility index (Phi) is 5.63. The standard InChI is InChI=1S/C17H20N2O3S/c20-17(4-3-14-5-11-23-13-14)18-12-15(16-2-1-8-22-16)19-6-9-21-10-7-19/h1-5,8,11,13,15H,6-7,9-10,12H2,(H,18,20)/b4-3+. The molecule has 1 aliphatic heterocycles. The summed E-state index contributed by atoms with van der Waals surface area (Å²) in [7, 11) is 0. The van der Waals surface area contributed by atoms with Gasteiger partial charge in [0, 0.05) is 25.7 Å². The highest BCUT2D eigenvalue weighted by molar-refractivity contribution is 7.08. The van der Waals surface area contributed by atoms with Gasteiger partial charge in [-0.2, -0.15) is 11.3 Å². The Bertz CT molecular complexity index is 616. The first-order chi connectivity index (χ1) is 11.3. The summed E-state index contributed by atoms with van der Waals surface area (Å²) in [6.07, 6.45) is 5.06. The molecule has 1 unspecified atom stereocenters. The van der Waals surface area contributed by atoms with Crippen LogP contribution in [0.2, 0.25) is 0 Å². The Balaban J connectivity index is 1.58. The van der Waals surface area contributed by atoms with Crippen LogP contribution in [0.3, 0.4) is 0 Å². The average molecular weight is 332 g/mol. The van der Waals surface area contributed by atoms with E-state index in [0.717, 1.165) is 24.4 Å². The Morgan fingerprint density at radius 3 is 2.96 bits per heavy atom. The molecule has 1 fully saturated rings. The molecule has 0 aromatic carbocycles. The summed E-state index contributed by atoms with van der Waals surface area (Å²) in [6.45, 7) is 3.62. The lowest BCUT2D eigenvalue weighted by atomic mass is 10.1. The molecule has 23 heavy (non-hydrogen) atoms. The summed E-state index contributed by atoms with van der Waals surface area (Å²) in [5.41, 5.74) is 1.04. The first-order valence-corrected chi connectivity index (χ1v) is 8.60. The molecule has 6 heteroatoms. The highest BCUT2D eigenvalue weighted by Gasteiger charge is 2.24. The second-order valence-corrected chi connectivity index (χ2v) is 6.09. The number of nitrogens with one attached hydrogen (secondary N) is 1. The van der Waals surface area contributed by atoms with Crippen LogP contribution in [0.4, 0.5) is 0 Å². The lowest BCUT2D eigenvalue weighted by Crippen LogP contribution is -2.43. The minimum Gasteiger partial charge on any atom is -0.468 e. The van der Waals surface area contributed by atoms with E-state index in [2.05, 4.69) is 10.2 Å². The number of ether oxygens (including phenoxy) is 1. The number of hydrogen-bond donors (Lipinski definition) is 1. The van der Waals surface area contributed by atoms with Crippen LogP contribution < -0.4 is 5.32 Å². The average Bonchev–Trinajstić information content (AvgIpc) is 3.28. The molecule has 1 N–H and O–H groups in total.